The maximum atomic E-state index is 12.0. The minimum atomic E-state index is -1.01. The number of imidazole rings is 1. The first-order chi connectivity index (χ1) is 11.5. The van der Waals surface area contributed by atoms with Crippen molar-refractivity contribution in [2.45, 2.75) is 39.0 Å². The second kappa shape index (κ2) is 8.14. The molecule has 2 aromatic rings. The molecule has 0 spiro atoms. The van der Waals surface area contributed by atoms with Crippen LogP contribution in [0, 0.1) is 0 Å². The van der Waals surface area contributed by atoms with Gasteiger partial charge >= 0.3 is 12.1 Å². The number of nitrogens with zero attached hydrogens (tertiary/aromatic N) is 2. The molecule has 1 aromatic heterocycles. The van der Waals surface area contributed by atoms with Gasteiger partial charge in [0.15, 0.2) is 0 Å². The summed E-state index contributed by atoms with van der Waals surface area (Å²) < 4.78 is 6.99. The van der Waals surface area contributed by atoms with Crippen molar-refractivity contribution >= 4 is 12.1 Å². The largest absolute Gasteiger partial charge is 0.481 e. The Morgan fingerprint density at radius 1 is 1.29 bits per heavy atom. The van der Waals surface area contributed by atoms with Crippen LogP contribution < -0.4 is 5.32 Å². The Hall–Kier alpha value is -2.83. The molecule has 7 nitrogen and oxygen atoms in total. The first-order valence-electron chi connectivity index (χ1n) is 7.68. The normalized spacial score (nSPS) is 12.0. The molecule has 24 heavy (non-hydrogen) atoms. The van der Waals surface area contributed by atoms with Crippen LogP contribution in [-0.2, 0) is 16.1 Å². The van der Waals surface area contributed by atoms with Gasteiger partial charge < -0.3 is 19.7 Å². The molecule has 1 unspecified atom stereocenters. The number of carboxylic acid groups (broad SMARTS) is 1. The van der Waals surface area contributed by atoms with E-state index in [0.29, 0.717) is 5.69 Å². The number of ether oxygens (including phenoxy) is 1. The van der Waals surface area contributed by atoms with Crippen LogP contribution in [0.5, 0.6) is 0 Å². The molecule has 1 aromatic carbocycles. The number of hydrogen-bond acceptors (Lipinski definition) is 4. The lowest BCUT2D eigenvalue weighted by Crippen LogP contribution is -2.32. The quantitative estimate of drug-likeness (QED) is 0.813. The van der Waals surface area contributed by atoms with Crippen LogP contribution in [-0.4, -0.2) is 26.7 Å². The van der Waals surface area contributed by atoms with E-state index in [-0.39, 0.29) is 19.1 Å². The third-order valence-electron chi connectivity index (χ3n) is 3.49. The van der Waals surface area contributed by atoms with Crippen molar-refractivity contribution in [1.29, 1.82) is 0 Å². The standard InChI is InChI=1S/C17H21N3O4/c1-12(2)20-11-18-9-15(20)14(8-16(21)22)19-17(23)24-10-13-6-4-3-5-7-13/h3-7,9,11-12,14H,8,10H2,1-2H3,(H,19,23)(H,21,22). The van der Waals surface area contributed by atoms with Crippen molar-refractivity contribution in [1.82, 2.24) is 14.9 Å². The highest BCUT2D eigenvalue weighted by Gasteiger charge is 2.23. The summed E-state index contributed by atoms with van der Waals surface area (Å²) >= 11 is 0. The Bertz CT molecular complexity index is 682. The molecule has 0 bridgehead atoms. The Labute approximate surface area is 140 Å². The SMILES string of the molecule is CC(C)n1cncc1C(CC(=O)O)NC(=O)OCc1ccccc1. The van der Waals surface area contributed by atoms with Crippen molar-refractivity contribution in [2.24, 2.45) is 0 Å². The smallest absolute Gasteiger partial charge is 0.408 e. The molecule has 0 fully saturated rings. The Kier molecular flexibility index (Phi) is 5.95. The van der Waals surface area contributed by atoms with Crippen molar-refractivity contribution in [3.63, 3.8) is 0 Å². The highest BCUT2D eigenvalue weighted by Crippen LogP contribution is 2.20. The van der Waals surface area contributed by atoms with Gasteiger partial charge in [0.2, 0.25) is 0 Å². The van der Waals surface area contributed by atoms with Crippen molar-refractivity contribution in [3.8, 4) is 0 Å². The Morgan fingerprint density at radius 3 is 2.62 bits per heavy atom. The second-order valence-electron chi connectivity index (χ2n) is 5.68. The van der Waals surface area contributed by atoms with E-state index in [2.05, 4.69) is 10.3 Å². The number of rotatable bonds is 7. The van der Waals surface area contributed by atoms with Gasteiger partial charge in [-0.2, -0.15) is 0 Å². The zero-order valence-corrected chi connectivity index (χ0v) is 13.7. The van der Waals surface area contributed by atoms with Crippen LogP contribution in [0.4, 0.5) is 4.79 Å². The monoisotopic (exact) mass is 331 g/mol. The number of carbonyl (C=O) groups is 2. The third kappa shape index (κ3) is 4.84. The van der Waals surface area contributed by atoms with E-state index in [4.69, 9.17) is 9.84 Å². The van der Waals surface area contributed by atoms with Crippen molar-refractivity contribution < 1.29 is 19.4 Å². The number of nitrogens with one attached hydrogen (secondary N) is 1. The Morgan fingerprint density at radius 2 is 2.00 bits per heavy atom. The number of carbonyl (C=O) groups excluding carboxylic acids is 1. The average molecular weight is 331 g/mol. The summed E-state index contributed by atoms with van der Waals surface area (Å²) in [5.74, 6) is -1.01. The van der Waals surface area contributed by atoms with Crippen LogP contribution in [0.3, 0.4) is 0 Å². The van der Waals surface area contributed by atoms with Gasteiger partial charge in [0.25, 0.3) is 0 Å². The summed E-state index contributed by atoms with van der Waals surface area (Å²) in [4.78, 5) is 27.2. The predicted molar refractivity (Wildman–Crippen MR) is 87.4 cm³/mol. The van der Waals surface area contributed by atoms with Gasteiger partial charge in [0.05, 0.1) is 30.7 Å². The average Bonchev–Trinajstić information content (AvgIpc) is 3.03. The lowest BCUT2D eigenvalue weighted by atomic mass is 10.1. The molecule has 2 N–H and O–H groups in total. The fourth-order valence-electron chi connectivity index (χ4n) is 2.33. The molecule has 128 valence electrons. The summed E-state index contributed by atoms with van der Waals surface area (Å²) in [5, 5.41) is 11.7. The fourth-order valence-corrected chi connectivity index (χ4v) is 2.33. The number of hydrogen-bond donors (Lipinski definition) is 2. The predicted octanol–water partition coefficient (Wildman–Crippen LogP) is 2.91. The third-order valence-corrected chi connectivity index (χ3v) is 3.49. The van der Waals surface area contributed by atoms with Gasteiger partial charge in [0, 0.05) is 6.04 Å². The first-order valence-corrected chi connectivity index (χ1v) is 7.68. The van der Waals surface area contributed by atoms with Crippen LogP contribution in [0.15, 0.2) is 42.9 Å². The van der Waals surface area contributed by atoms with Gasteiger partial charge in [0.1, 0.15) is 6.61 Å². The van der Waals surface area contributed by atoms with E-state index in [1.54, 1.807) is 12.5 Å². The lowest BCUT2D eigenvalue weighted by Gasteiger charge is -2.20. The number of benzene rings is 1. The van der Waals surface area contributed by atoms with Crippen LogP contribution >= 0.6 is 0 Å². The molecule has 1 heterocycles. The summed E-state index contributed by atoms with van der Waals surface area (Å²) in [7, 11) is 0. The summed E-state index contributed by atoms with van der Waals surface area (Å²) in [6, 6.07) is 8.65. The zero-order valence-electron chi connectivity index (χ0n) is 13.7. The van der Waals surface area contributed by atoms with E-state index in [1.165, 1.54) is 0 Å². The summed E-state index contributed by atoms with van der Waals surface area (Å²) in [6.07, 6.45) is 2.26. The van der Waals surface area contributed by atoms with Gasteiger partial charge in [-0.15, -0.1) is 0 Å². The maximum absolute atomic E-state index is 12.0. The molecule has 2 rings (SSSR count). The van der Waals surface area contributed by atoms with Crippen LogP contribution in [0.25, 0.3) is 0 Å². The number of aliphatic carboxylic acids is 1. The van der Waals surface area contributed by atoms with Gasteiger partial charge in [-0.3, -0.25) is 4.79 Å². The number of alkyl carbamates (subject to hydrolysis) is 1. The van der Waals surface area contributed by atoms with Gasteiger partial charge in [-0.05, 0) is 19.4 Å². The number of carboxylic acids is 1. The summed E-state index contributed by atoms with van der Waals surface area (Å²) in [6.45, 7) is 4.03. The van der Waals surface area contributed by atoms with Crippen LogP contribution in [0.2, 0.25) is 0 Å². The topological polar surface area (TPSA) is 93.5 Å². The molecule has 1 atom stereocenters. The van der Waals surface area contributed by atoms with E-state index in [9.17, 15) is 9.59 Å². The molecule has 0 aliphatic heterocycles. The molecular formula is C17H21N3O4. The highest BCUT2D eigenvalue weighted by atomic mass is 16.5. The molecule has 7 heteroatoms. The Balaban J connectivity index is 2.04. The molecule has 0 aliphatic rings. The minimum absolute atomic E-state index is 0.0981. The van der Waals surface area contributed by atoms with Gasteiger partial charge in [-0.25, -0.2) is 9.78 Å². The number of amides is 1. The van der Waals surface area contributed by atoms with Crippen molar-refractivity contribution in [2.75, 3.05) is 0 Å². The molecule has 0 aliphatic carbocycles. The number of aromatic nitrogens is 2. The van der Waals surface area contributed by atoms with Gasteiger partial charge in [-0.1, -0.05) is 30.3 Å². The molecular weight excluding hydrogens is 310 g/mol. The van der Waals surface area contributed by atoms with E-state index in [1.807, 2.05) is 48.7 Å². The fraction of sp³-hybridized carbons (Fsp3) is 0.353. The molecule has 0 saturated carbocycles. The second-order valence-corrected chi connectivity index (χ2v) is 5.68. The highest BCUT2D eigenvalue weighted by molar-refractivity contribution is 5.71. The minimum Gasteiger partial charge on any atom is -0.481 e. The van der Waals surface area contributed by atoms with E-state index in [0.717, 1.165) is 5.56 Å². The van der Waals surface area contributed by atoms with E-state index < -0.39 is 18.1 Å². The van der Waals surface area contributed by atoms with Crippen LogP contribution in [0.1, 0.15) is 43.6 Å². The summed E-state index contributed by atoms with van der Waals surface area (Å²) in [5.41, 5.74) is 1.48. The zero-order chi connectivity index (χ0) is 17.5. The maximum Gasteiger partial charge on any atom is 0.408 e. The lowest BCUT2D eigenvalue weighted by molar-refractivity contribution is -0.137. The van der Waals surface area contributed by atoms with Crippen molar-refractivity contribution in [3.05, 3.63) is 54.1 Å². The molecule has 0 saturated heterocycles. The van der Waals surface area contributed by atoms with E-state index >= 15 is 0 Å². The molecule has 0 radical (unpaired) electrons. The molecule has 1 amide bonds. The first kappa shape index (κ1) is 17.5.